The van der Waals surface area contributed by atoms with Gasteiger partial charge in [-0.05, 0) is 43.3 Å². The lowest BCUT2D eigenvalue weighted by Crippen LogP contribution is -2.34. The summed E-state index contributed by atoms with van der Waals surface area (Å²) in [7, 11) is 1.25. The van der Waals surface area contributed by atoms with Crippen LogP contribution in [0.15, 0.2) is 54.6 Å². The Hall–Kier alpha value is -3.46. The van der Waals surface area contributed by atoms with Crippen molar-refractivity contribution in [2.75, 3.05) is 19.0 Å². The zero-order chi connectivity index (χ0) is 20.6. The number of methoxy groups -OCH3 is 1. The van der Waals surface area contributed by atoms with Gasteiger partial charge in [0.15, 0.2) is 11.0 Å². The Kier molecular flexibility index (Phi) is 6.75. The number of esters is 1. The van der Waals surface area contributed by atoms with E-state index in [-0.39, 0.29) is 0 Å². The second kappa shape index (κ2) is 9.65. The number of carbonyl (C=O) groups excluding carboxylic acids is 2. The summed E-state index contributed by atoms with van der Waals surface area (Å²) in [5, 5.41) is 14.7. The van der Waals surface area contributed by atoms with Gasteiger partial charge in [0.05, 0.1) is 13.7 Å². The van der Waals surface area contributed by atoms with Crippen LogP contribution in [0.1, 0.15) is 28.3 Å². The van der Waals surface area contributed by atoms with Crippen molar-refractivity contribution in [3.05, 3.63) is 65.2 Å². The maximum Gasteiger partial charge on any atom is 0.335 e. The van der Waals surface area contributed by atoms with E-state index in [2.05, 4.69) is 20.8 Å². The summed E-state index contributed by atoms with van der Waals surface area (Å²) in [6, 6.07) is 14.9. The van der Waals surface area contributed by atoms with Crippen molar-refractivity contribution in [1.82, 2.24) is 15.5 Å². The Morgan fingerprint density at radius 3 is 2.45 bits per heavy atom. The summed E-state index contributed by atoms with van der Waals surface area (Å²) in [6.45, 7) is 2.51. The topological polar surface area (TPSA) is 102 Å². The number of benzene rings is 2. The van der Waals surface area contributed by atoms with E-state index in [4.69, 9.17) is 9.47 Å². The Morgan fingerprint density at radius 1 is 1.07 bits per heavy atom. The van der Waals surface area contributed by atoms with Gasteiger partial charge in [-0.3, -0.25) is 4.79 Å². The molecule has 3 aromatic rings. The average molecular weight is 412 g/mol. The zero-order valence-corrected chi connectivity index (χ0v) is 16.7. The molecule has 1 unspecified atom stereocenters. The zero-order valence-electron chi connectivity index (χ0n) is 15.9. The normalized spacial score (nSPS) is 11.4. The van der Waals surface area contributed by atoms with Gasteiger partial charge in [0.2, 0.25) is 5.13 Å². The lowest BCUT2D eigenvalue weighted by molar-refractivity contribution is -0.143. The molecule has 0 fully saturated rings. The number of aromatic nitrogens is 2. The molecular formula is C20H20N4O4S. The first kappa shape index (κ1) is 20.3. The number of nitrogens with zero attached hydrogens (tertiary/aromatic N) is 2. The van der Waals surface area contributed by atoms with Crippen molar-refractivity contribution < 1.29 is 19.1 Å². The summed E-state index contributed by atoms with van der Waals surface area (Å²) in [5.41, 5.74) is 1.22. The molecule has 0 radical (unpaired) electrons. The summed E-state index contributed by atoms with van der Waals surface area (Å²) in [4.78, 5) is 24.7. The van der Waals surface area contributed by atoms with E-state index in [1.165, 1.54) is 7.11 Å². The van der Waals surface area contributed by atoms with E-state index in [0.717, 1.165) is 22.8 Å². The molecule has 3 rings (SSSR count). The highest BCUT2D eigenvalue weighted by molar-refractivity contribution is 7.15. The predicted octanol–water partition coefficient (Wildman–Crippen LogP) is 3.32. The van der Waals surface area contributed by atoms with Crippen LogP contribution in [0.2, 0.25) is 0 Å². The van der Waals surface area contributed by atoms with Crippen LogP contribution in [0, 0.1) is 0 Å². The molecule has 29 heavy (non-hydrogen) atoms. The first-order chi connectivity index (χ1) is 14.1. The van der Waals surface area contributed by atoms with Crippen LogP contribution in [0.25, 0.3) is 0 Å². The van der Waals surface area contributed by atoms with Gasteiger partial charge in [0.1, 0.15) is 5.75 Å². The van der Waals surface area contributed by atoms with E-state index < -0.39 is 17.9 Å². The first-order valence-corrected chi connectivity index (χ1v) is 9.69. The van der Waals surface area contributed by atoms with E-state index in [1.54, 1.807) is 30.3 Å². The minimum atomic E-state index is -1.05. The molecule has 2 N–H and O–H groups in total. The van der Waals surface area contributed by atoms with Gasteiger partial charge in [-0.2, -0.15) is 0 Å². The van der Waals surface area contributed by atoms with Gasteiger partial charge >= 0.3 is 5.97 Å². The van der Waals surface area contributed by atoms with Gasteiger partial charge in [0.25, 0.3) is 5.91 Å². The van der Waals surface area contributed by atoms with Gasteiger partial charge < -0.3 is 20.1 Å². The van der Waals surface area contributed by atoms with Crippen molar-refractivity contribution in [2.45, 2.75) is 13.0 Å². The van der Waals surface area contributed by atoms with Crippen LogP contribution in [0.5, 0.6) is 5.75 Å². The van der Waals surface area contributed by atoms with Gasteiger partial charge in [-0.15, -0.1) is 10.2 Å². The van der Waals surface area contributed by atoms with Crippen LogP contribution < -0.4 is 15.4 Å². The molecule has 0 saturated heterocycles. The van der Waals surface area contributed by atoms with Crippen LogP contribution >= 0.6 is 11.3 Å². The van der Waals surface area contributed by atoms with Crippen LogP contribution in [-0.2, 0) is 9.53 Å². The number of rotatable bonds is 8. The molecule has 0 aliphatic carbocycles. The van der Waals surface area contributed by atoms with Crippen molar-refractivity contribution >= 4 is 34.0 Å². The standard InChI is InChI=1S/C20H20N4O4S/c1-3-28-15-11-9-14(10-12-15)21-20-24-23-18(29-20)16(19(26)27-2)22-17(25)13-7-5-4-6-8-13/h4-12,16H,3H2,1-2H3,(H,21,24)(H,22,25). The Balaban J connectivity index is 1.73. The van der Waals surface area contributed by atoms with Crippen molar-refractivity contribution in [3.8, 4) is 5.75 Å². The fraction of sp³-hybridized carbons (Fsp3) is 0.200. The fourth-order valence-electron chi connectivity index (χ4n) is 2.47. The Bertz CT molecular complexity index is 960. The highest BCUT2D eigenvalue weighted by atomic mass is 32.1. The molecule has 150 valence electrons. The Morgan fingerprint density at radius 2 is 1.79 bits per heavy atom. The van der Waals surface area contributed by atoms with Crippen molar-refractivity contribution in [2.24, 2.45) is 0 Å². The third kappa shape index (κ3) is 5.29. The van der Waals surface area contributed by atoms with Crippen LogP contribution in [0.3, 0.4) is 0 Å². The molecule has 0 saturated carbocycles. The maximum atomic E-state index is 12.4. The molecule has 0 aliphatic rings. The summed E-state index contributed by atoms with van der Waals surface area (Å²) in [5.74, 6) is -0.263. The van der Waals surface area contributed by atoms with Crippen LogP contribution in [-0.4, -0.2) is 35.8 Å². The van der Waals surface area contributed by atoms with E-state index in [1.807, 2.05) is 31.2 Å². The second-order valence-corrected chi connectivity index (χ2v) is 6.83. The molecule has 0 aliphatic heterocycles. The third-order valence-corrected chi connectivity index (χ3v) is 4.76. The lowest BCUT2D eigenvalue weighted by atomic mass is 10.2. The number of hydrogen-bond donors (Lipinski definition) is 2. The van der Waals surface area contributed by atoms with E-state index in [0.29, 0.717) is 22.3 Å². The number of nitrogens with one attached hydrogen (secondary N) is 2. The molecule has 1 amide bonds. The number of carbonyl (C=O) groups is 2. The molecule has 9 heteroatoms. The molecule has 1 heterocycles. The highest BCUT2D eigenvalue weighted by Gasteiger charge is 2.28. The molecule has 8 nitrogen and oxygen atoms in total. The molecule has 0 spiro atoms. The molecular weight excluding hydrogens is 392 g/mol. The van der Waals surface area contributed by atoms with Crippen molar-refractivity contribution in [1.29, 1.82) is 0 Å². The summed E-state index contributed by atoms with van der Waals surface area (Å²) in [6.07, 6.45) is 0. The molecule has 1 atom stereocenters. The van der Waals surface area contributed by atoms with Gasteiger partial charge in [0, 0.05) is 11.3 Å². The van der Waals surface area contributed by atoms with E-state index >= 15 is 0 Å². The quantitative estimate of drug-likeness (QED) is 0.547. The van der Waals surface area contributed by atoms with Gasteiger partial charge in [-0.25, -0.2) is 4.79 Å². The predicted molar refractivity (Wildman–Crippen MR) is 109 cm³/mol. The first-order valence-electron chi connectivity index (χ1n) is 8.87. The maximum absolute atomic E-state index is 12.4. The largest absolute Gasteiger partial charge is 0.494 e. The number of ether oxygens (including phenoxy) is 2. The summed E-state index contributed by atoms with van der Waals surface area (Å²) >= 11 is 1.15. The number of anilines is 2. The second-order valence-electron chi connectivity index (χ2n) is 5.82. The SMILES string of the molecule is CCOc1ccc(Nc2nnc(C(NC(=O)c3ccccc3)C(=O)OC)s2)cc1. The Labute approximate surface area is 171 Å². The lowest BCUT2D eigenvalue weighted by Gasteiger charge is -2.13. The smallest absolute Gasteiger partial charge is 0.335 e. The third-order valence-electron chi connectivity index (χ3n) is 3.85. The fourth-order valence-corrected chi connectivity index (χ4v) is 3.27. The monoisotopic (exact) mass is 412 g/mol. The highest BCUT2D eigenvalue weighted by Crippen LogP contribution is 2.26. The van der Waals surface area contributed by atoms with Gasteiger partial charge in [-0.1, -0.05) is 29.5 Å². The summed E-state index contributed by atoms with van der Waals surface area (Å²) < 4.78 is 10.2. The number of hydrogen-bond acceptors (Lipinski definition) is 8. The minimum Gasteiger partial charge on any atom is -0.494 e. The van der Waals surface area contributed by atoms with E-state index in [9.17, 15) is 9.59 Å². The van der Waals surface area contributed by atoms with Crippen molar-refractivity contribution in [3.63, 3.8) is 0 Å². The average Bonchev–Trinajstić information content (AvgIpc) is 3.21. The molecule has 2 aromatic carbocycles. The van der Waals surface area contributed by atoms with Crippen LogP contribution in [0.4, 0.5) is 10.8 Å². The molecule has 1 aromatic heterocycles. The number of amides is 1. The minimum absolute atomic E-state index is 0.314. The molecule has 0 bridgehead atoms.